The number of halogens is 1. The second-order valence-corrected chi connectivity index (χ2v) is 8.91. The predicted molar refractivity (Wildman–Crippen MR) is 125 cm³/mol. The molecule has 32 heavy (non-hydrogen) atoms. The van der Waals surface area contributed by atoms with E-state index >= 15 is 0 Å². The summed E-state index contributed by atoms with van der Waals surface area (Å²) in [7, 11) is 1.74. The van der Waals surface area contributed by atoms with Gasteiger partial charge in [-0.1, -0.05) is 23.7 Å². The summed E-state index contributed by atoms with van der Waals surface area (Å²) in [5.41, 5.74) is 2.72. The lowest BCUT2D eigenvalue weighted by atomic mass is 9.95. The van der Waals surface area contributed by atoms with Crippen molar-refractivity contribution in [3.05, 3.63) is 69.0 Å². The fraction of sp³-hybridized carbons (Fsp3) is 0.360. The highest BCUT2D eigenvalue weighted by molar-refractivity contribution is 6.30. The first-order valence-corrected chi connectivity index (χ1v) is 11.2. The van der Waals surface area contributed by atoms with Crippen molar-refractivity contribution in [3.63, 3.8) is 0 Å². The number of pyridine rings is 1. The van der Waals surface area contributed by atoms with Crippen molar-refractivity contribution in [3.8, 4) is 11.8 Å². The maximum atomic E-state index is 13.0. The Hall–Kier alpha value is -3.01. The topological polar surface area (TPSA) is 67.5 Å². The van der Waals surface area contributed by atoms with E-state index < -0.39 is 0 Å². The number of nitrogens with zero attached hydrogens (tertiary/aromatic N) is 3. The van der Waals surface area contributed by atoms with Gasteiger partial charge >= 0.3 is 0 Å². The van der Waals surface area contributed by atoms with Gasteiger partial charge in [0.2, 0.25) is 0 Å². The number of nitriles is 1. The molecule has 2 aliphatic rings. The molecular weight excluding hydrogens is 426 g/mol. The number of aryl methyl sites for hydroxylation is 1. The summed E-state index contributed by atoms with van der Waals surface area (Å²) in [6, 6.07) is 15.8. The molecule has 5 rings (SSSR count). The molecular formula is C25H24ClN3O3. The van der Waals surface area contributed by atoms with Crippen LogP contribution in [0.2, 0.25) is 5.02 Å². The molecule has 0 N–H and O–H groups in total. The number of rotatable bonds is 4. The van der Waals surface area contributed by atoms with E-state index in [0.717, 1.165) is 35.2 Å². The van der Waals surface area contributed by atoms with Gasteiger partial charge < -0.3 is 18.9 Å². The zero-order valence-corrected chi connectivity index (χ0v) is 18.6. The number of benzene rings is 2. The Labute approximate surface area is 191 Å². The summed E-state index contributed by atoms with van der Waals surface area (Å²) in [5, 5.41) is 11.4. The second kappa shape index (κ2) is 8.50. The zero-order valence-electron chi connectivity index (χ0n) is 17.9. The summed E-state index contributed by atoms with van der Waals surface area (Å²) >= 11 is 5.96. The minimum Gasteiger partial charge on any atom is -0.490 e. The Balaban J connectivity index is 1.44. The van der Waals surface area contributed by atoms with E-state index in [-0.39, 0.29) is 17.2 Å². The van der Waals surface area contributed by atoms with Crippen LogP contribution in [0.25, 0.3) is 10.9 Å². The van der Waals surface area contributed by atoms with E-state index in [0.29, 0.717) is 37.2 Å². The van der Waals surface area contributed by atoms with Crippen molar-refractivity contribution >= 4 is 28.2 Å². The van der Waals surface area contributed by atoms with E-state index in [1.807, 2.05) is 24.3 Å². The fourth-order valence-electron chi connectivity index (χ4n) is 4.55. The largest absolute Gasteiger partial charge is 0.490 e. The smallest absolute Gasteiger partial charge is 0.270 e. The van der Waals surface area contributed by atoms with E-state index in [4.69, 9.17) is 21.1 Å². The first-order chi connectivity index (χ1) is 15.5. The third kappa shape index (κ3) is 3.72. The molecule has 0 radical (unpaired) electrons. The van der Waals surface area contributed by atoms with Gasteiger partial charge in [-0.3, -0.25) is 4.79 Å². The first-order valence-electron chi connectivity index (χ1n) is 10.9. The third-order valence-corrected chi connectivity index (χ3v) is 6.74. The second-order valence-electron chi connectivity index (χ2n) is 8.47. The van der Waals surface area contributed by atoms with Gasteiger partial charge in [0.1, 0.15) is 23.5 Å². The number of anilines is 1. The zero-order chi connectivity index (χ0) is 22.2. The lowest BCUT2D eigenvalue weighted by Gasteiger charge is -2.35. The standard InChI is InChI=1S/C25H24ClN3O3/c1-28-23-12-16(17-14-31-15-17)2-7-21(23)24(22(13-27)25(28)30)29-10-8-20(9-11-29)32-19-5-3-18(26)4-6-19/h2-7,12,17,20H,8-11,14-15H2,1H3. The Morgan fingerprint density at radius 3 is 2.47 bits per heavy atom. The quantitative estimate of drug-likeness (QED) is 0.596. The van der Waals surface area contributed by atoms with Gasteiger partial charge in [0.05, 0.1) is 24.4 Å². The number of hydrogen-bond donors (Lipinski definition) is 0. The van der Waals surface area contributed by atoms with Crippen molar-refractivity contribution < 1.29 is 9.47 Å². The highest BCUT2D eigenvalue weighted by Crippen LogP contribution is 2.34. The Morgan fingerprint density at radius 2 is 1.84 bits per heavy atom. The average molecular weight is 450 g/mol. The van der Waals surface area contributed by atoms with Crippen LogP contribution in [-0.4, -0.2) is 37.0 Å². The molecule has 2 saturated heterocycles. The van der Waals surface area contributed by atoms with Crippen LogP contribution in [0.3, 0.4) is 0 Å². The number of piperidine rings is 1. The van der Waals surface area contributed by atoms with Crippen molar-refractivity contribution in [1.29, 1.82) is 5.26 Å². The van der Waals surface area contributed by atoms with Crippen LogP contribution in [0.15, 0.2) is 47.3 Å². The molecule has 7 heteroatoms. The van der Waals surface area contributed by atoms with Gasteiger partial charge in [0.15, 0.2) is 0 Å². The van der Waals surface area contributed by atoms with Gasteiger partial charge in [-0.25, -0.2) is 0 Å². The SMILES string of the molecule is Cn1c(=O)c(C#N)c(N2CCC(Oc3ccc(Cl)cc3)CC2)c2ccc(C3COC3)cc21. The van der Waals surface area contributed by atoms with Gasteiger partial charge in [-0.15, -0.1) is 0 Å². The minimum atomic E-state index is -0.253. The summed E-state index contributed by atoms with van der Waals surface area (Å²) < 4.78 is 13.0. The van der Waals surface area contributed by atoms with Crippen LogP contribution < -0.4 is 15.2 Å². The molecule has 1 aromatic heterocycles. The molecule has 0 saturated carbocycles. The molecule has 0 amide bonds. The van der Waals surface area contributed by atoms with Crippen LogP contribution in [0, 0.1) is 11.3 Å². The van der Waals surface area contributed by atoms with Crippen LogP contribution in [0.1, 0.15) is 29.9 Å². The first kappa shape index (κ1) is 20.9. The Kier molecular flexibility index (Phi) is 5.54. The van der Waals surface area contributed by atoms with Crippen LogP contribution in [-0.2, 0) is 11.8 Å². The van der Waals surface area contributed by atoms with Crippen molar-refractivity contribution in [2.24, 2.45) is 7.05 Å². The highest BCUT2D eigenvalue weighted by atomic mass is 35.5. The monoisotopic (exact) mass is 449 g/mol. The predicted octanol–water partition coefficient (Wildman–Crippen LogP) is 4.23. The number of ether oxygens (including phenoxy) is 2. The van der Waals surface area contributed by atoms with Crippen molar-refractivity contribution in [2.75, 3.05) is 31.2 Å². The molecule has 164 valence electrons. The molecule has 0 bridgehead atoms. The molecule has 2 aromatic carbocycles. The molecule has 3 heterocycles. The lowest BCUT2D eigenvalue weighted by Crippen LogP contribution is -2.40. The minimum absolute atomic E-state index is 0.0842. The molecule has 0 spiro atoms. The fourth-order valence-corrected chi connectivity index (χ4v) is 4.68. The van der Waals surface area contributed by atoms with Crippen molar-refractivity contribution in [2.45, 2.75) is 24.9 Å². The molecule has 2 aliphatic heterocycles. The lowest BCUT2D eigenvalue weighted by molar-refractivity contribution is 0.00846. The van der Waals surface area contributed by atoms with Gasteiger partial charge in [0.25, 0.3) is 5.56 Å². The molecule has 0 unspecified atom stereocenters. The van der Waals surface area contributed by atoms with Crippen LogP contribution in [0.5, 0.6) is 5.75 Å². The average Bonchev–Trinajstić information content (AvgIpc) is 2.77. The van der Waals surface area contributed by atoms with Gasteiger partial charge in [0, 0.05) is 49.3 Å². The van der Waals surface area contributed by atoms with Gasteiger partial charge in [-0.05, 0) is 35.9 Å². The summed E-state index contributed by atoms with van der Waals surface area (Å²) in [6.45, 7) is 2.86. The molecule has 6 nitrogen and oxygen atoms in total. The number of fused-ring (bicyclic) bond motifs is 1. The molecule has 0 atom stereocenters. The maximum Gasteiger partial charge on any atom is 0.270 e. The van der Waals surface area contributed by atoms with E-state index in [1.54, 1.807) is 11.6 Å². The maximum absolute atomic E-state index is 13.0. The number of aromatic nitrogens is 1. The van der Waals surface area contributed by atoms with Crippen LogP contribution >= 0.6 is 11.6 Å². The normalized spacial score (nSPS) is 17.2. The Morgan fingerprint density at radius 1 is 1.12 bits per heavy atom. The molecule has 2 fully saturated rings. The summed E-state index contributed by atoms with van der Waals surface area (Å²) in [6.07, 6.45) is 1.70. The molecule has 3 aromatic rings. The van der Waals surface area contributed by atoms with E-state index in [2.05, 4.69) is 29.2 Å². The summed E-state index contributed by atoms with van der Waals surface area (Å²) in [5.74, 6) is 1.17. The number of hydrogen-bond acceptors (Lipinski definition) is 5. The highest BCUT2D eigenvalue weighted by Gasteiger charge is 2.27. The third-order valence-electron chi connectivity index (χ3n) is 6.49. The van der Waals surface area contributed by atoms with Crippen LogP contribution in [0.4, 0.5) is 5.69 Å². The van der Waals surface area contributed by atoms with Crippen molar-refractivity contribution in [1.82, 2.24) is 4.57 Å². The van der Waals surface area contributed by atoms with E-state index in [1.165, 1.54) is 5.56 Å². The Bertz CT molecular complexity index is 1250. The van der Waals surface area contributed by atoms with E-state index in [9.17, 15) is 10.1 Å². The summed E-state index contributed by atoms with van der Waals surface area (Å²) in [4.78, 5) is 15.2. The van der Waals surface area contributed by atoms with Gasteiger partial charge in [-0.2, -0.15) is 5.26 Å². The molecule has 0 aliphatic carbocycles.